The zero-order chi connectivity index (χ0) is 13.0. The van der Waals surface area contributed by atoms with Crippen LogP contribution in [-0.2, 0) is 6.42 Å². The number of aromatic amines is 1. The number of anilines is 1. The third-order valence-corrected chi connectivity index (χ3v) is 2.62. The minimum atomic E-state index is -0.277. The third kappa shape index (κ3) is 2.98. The summed E-state index contributed by atoms with van der Waals surface area (Å²) in [4.78, 5) is 22.6. The van der Waals surface area contributed by atoms with E-state index in [0.717, 1.165) is 5.82 Å². The van der Waals surface area contributed by atoms with Gasteiger partial charge in [-0.2, -0.15) is 0 Å². The van der Waals surface area contributed by atoms with Crippen LogP contribution in [-0.4, -0.2) is 27.4 Å². The molecule has 94 valence electrons. The van der Waals surface area contributed by atoms with Gasteiger partial charge < -0.3 is 16.0 Å². The number of nitrogen functional groups attached to an aromatic ring is 1. The average molecular weight is 266 g/mol. The second-order valence-corrected chi connectivity index (χ2v) is 4.04. The maximum absolute atomic E-state index is 11.8. The van der Waals surface area contributed by atoms with Crippen molar-refractivity contribution in [2.75, 3.05) is 12.3 Å². The summed E-state index contributed by atoms with van der Waals surface area (Å²) >= 11 is 5.87. The fourth-order valence-corrected chi connectivity index (χ4v) is 1.64. The number of amides is 1. The molecule has 0 aliphatic carbocycles. The van der Waals surface area contributed by atoms with Crippen LogP contribution < -0.4 is 11.1 Å². The molecule has 2 aromatic rings. The first kappa shape index (κ1) is 12.4. The molecule has 2 aromatic heterocycles. The molecule has 0 saturated heterocycles. The van der Waals surface area contributed by atoms with Gasteiger partial charge in [0.05, 0.1) is 10.6 Å². The standard InChI is InChI=1S/C11H12ClN5O/c12-8-6-17-9(13)5-7(8)11(18)16-2-1-10-14-3-4-15-10/h3-6H,1-2H2,(H2,13,17)(H,14,15)(H,16,18). The summed E-state index contributed by atoms with van der Waals surface area (Å²) in [5.41, 5.74) is 5.83. The highest BCUT2D eigenvalue weighted by Crippen LogP contribution is 2.16. The predicted molar refractivity (Wildman–Crippen MR) is 68.3 cm³/mol. The summed E-state index contributed by atoms with van der Waals surface area (Å²) in [7, 11) is 0. The Morgan fingerprint density at radius 3 is 3.06 bits per heavy atom. The van der Waals surface area contributed by atoms with E-state index in [1.54, 1.807) is 12.4 Å². The molecule has 0 spiro atoms. The third-order valence-electron chi connectivity index (χ3n) is 2.32. The van der Waals surface area contributed by atoms with Crippen molar-refractivity contribution in [3.05, 3.63) is 41.1 Å². The van der Waals surface area contributed by atoms with Gasteiger partial charge in [0.25, 0.3) is 5.91 Å². The van der Waals surface area contributed by atoms with E-state index >= 15 is 0 Å². The molecular formula is C11H12ClN5O. The second-order valence-electron chi connectivity index (χ2n) is 3.63. The monoisotopic (exact) mass is 265 g/mol. The smallest absolute Gasteiger partial charge is 0.253 e. The molecule has 2 heterocycles. The van der Waals surface area contributed by atoms with Crippen LogP contribution in [0.5, 0.6) is 0 Å². The number of carbonyl (C=O) groups excluding carboxylic acids is 1. The molecule has 0 aromatic carbocycles. The van der Waals surface area contributed by atoms with E-state index in [0.29, 0.717) is 18.5 Å². The maximum Gasteiger partial charge on any atom is 0.253 e. The molecule has 0 aliphatic heterocycles. The second kappa shape index (κ2) is 5.50. The Kier molecular flexibility index (Phi) is 3.78. The lowest BCUT2D eigenvalue weighted by Crippen LogP contribution is -2.26. The van der Waals surface area contributed by atoms with E-state index in [9.17, 15) is 4.79 Å². The van der Waals surface area contributed by atoms with E-state index in [1.807, 2.05) is 0 Å². The number of nitrogens with one attached hydrogen (secondary N) is 2. The zero-order valence-electron chi connectivity index (χ0n) is 9.48. The molecule has 0 atom stereocenters. The first-order valence-corrected chi connectivity index (χ1v) is 5.72. The van der Waals surface area contributed by atoms with Crippen LogP contribution in [0, 0.1) is 0 Å². The molecule has 4 N–H and O–H groups in total. The molecule has 7 heteroatoms. The number of halogens is 1. The maximum atomic E-state index is 11.8. The Balaban J connectivity index is 1.93. The van der Waals surface area contributed by atoms with Gasteiger partial charge in [-0.25, -0.2) is 9.97 Å². The molecule has 2 rings (SSSR count). The Morgan fingerprint density at radius 2 is 2.33 bits per heavy atom. The molecule has 0 fully saturated rings. The fraction of sp³-hybridized carbons (Fsp3) is 0.182. The van der Waals surface area contributed by atoms with Gasteiger partial charge in [-0.05, 0) is 6.07 Å². The van der Waals surface area contributed by atoms with Crippen LogP contribution in [0.25, 0.3) is 0 Å². The molecule has 0 radical (unpaired) electrons. The Bertz CT molecular complexity index is 540. The van der Waals surface area contributed by atoms with Crippen molar-refractivity contribution < 1.29 is 4.79 Å². The van der Waals surface area contributed by atoms with E-state index in [2.05, 4.69) is 20.3 Å². The molecule has 6 nitrogen and oxygen atoms in total. The van der Waals surface area contributed by atoms with Crippen molar-refractivity contribution in [3.63, 3.8) is 0 Å². The highest BCUT2D eigenvalue weighted by atomic mass is 35.5. The number of H-pyrrole nitrogens is 1. The zero-order valence-corrected chi connectivity index (χ0v) is 10.2. The number of rotatable bonds is 4. The van der Waals surface area contributed by atoms with E-state index in [1.165, 1.54) is 12.3 Å². The van der Waals surface area contributed by atoms with E-state index in [4.69, 9.17) is 17.3 Å². The number of hydrogen-bond donors (Lipinski definition) is 3. The van der Waals surface area contributed by atoms with Gasteiger partial charge in [-0.3, -0.25) is 4.79 Å². The highest BCUT2D eigenvalue weighted by Gasteiger charge is 2.10. The predicted octanol–water partition coefficient (Wildman–Crippen LogP) is 1.01. The number of imidazole rings is 1. The van der Waals surface area contributed by atoms with Crippen molar-refractivity contribution in [3.8, 4) is 0 Å². The minimum absolute atomic E-state index is 0.260. The lowest BCUT2D eigenvalue weighted by Gasteiger charge is -2.06. The average Bonchev–Trinajstić information content (AvgIpc) is 2.85. The fourth-order valence-electron chi connectivity index (χ4n) is 1.45. The van der Waals surface area contributed by atoms with Crippen LogP contribution in [0.15, 0.2) is 24.7 Å². The number of pyridine rings is 1. The van der Waals surface area contributed by atoms with Gasteiger partial charge in [-0.15, -0.1) is 0 Å². The Morgan fingerprint density at radius 1 is 1.50 bits per heavy atom. The summed E-state index contributed by atoms with van der Waals surface area (Å²) in [6.45, 7) is 0.463. The topological polar surface area (TPSA) is 96.7 Å². The SMILES string of the molecule is Nc1cc(C(=O)NCCc2ncc[nH]2)c(Cl)cn1. The van der Waals surface area contributed by atoms with Crippen LogP contribution >= 0.6 is 11.6 Å². The number of carbonyl (C=O) groups is 1. The van der Waals surface area contributed by atoms with Gasteiger partial charge in [0.2, 0.25) is 0 Å². The van der Waals surface area contributed by atoms with Crippen molar-refractivity contribution >= 4 is 23.3 Å². The largest absolute Gasteiger partial charge is 0.384 e. The first-order valence-electron chi connectivity index (χ1n) is 5.34. The van der Waals surface area contributed by atoms with Crippen molar-refractivity contribution in [2.45, 2.75) is 6.42 Å². The number of nitrogens with two attached hydrogens (primary N) is 1. The summed E-state index contributed by atoms with van der Waals surface area (Å²) < 4.78 is 0. The van der Waals surface area contributed by atoms with Crippen molar-refractivity contribution in [2.24, 2.45) is 0 Å². The Hall–Kier alpha value is -2.08. The normalized spacial score (nSPS) is 10.3. The summed E-state index contributed by atoms with van der Waals surface area (Å²) in [5.74, 6) is 0.798. The van der Waals surface area contributed by atoms with Crippen molar-refractivity contribution in [1.29, 1.82) is 0 Å². The van der Waals surface area contributed by atoms with Crippen LogP contribution in [0.1, 0.15) is 16.2 Å². The van der Waals surface area contributed by atoms with Gasteiger partial charge in [-0.1, -0.05) is 11.6 Å². The molecule has 0 aliphatic rings. The molecule has 0 bridgehead atoms. The van der Waals surface area contributed by atoms with Crippen LogP contribution in [0.4, 0.5) is 5.82 Å². The van der Waals surface area contributed by atoms with Gasteiger partial charge in [0, 0.05) is 31.6 Å². The summed E-state index contributed by atoms with van der Waals surface area (Å²) in [5, 5.41) is 3.02. The minimum Gasteiger partial charge on any atom is -0.384 e. The van der Waals surface area contributed by atoms with Crippen LogP contribution in [0.2, 0.25) is 5.02 Å². The lowest BCUT2D eigenvalue weighted by atomic mass is 10.2. The van der Waals surface area contributed by atoms with E-state index < -0.39 is 0 Å². The van der Waals surface area contributed by atoms with E-state index in [-0.39, 0.29) is 16.7 Å². The summed E-state index contributed by atoms with van der Waals surface area (Å²) in [6.07, 6.45) is 5.38. The van der Waals surface area contributed by atoms with Crippen LogP contribution in [0.3, 0.4) is 0 Å². The molecule has 18 heavy (non-hydrogen) atoms. The van der Waals surface area contributed by atoms with Gasteiger partial charge in [0.1, 0.15) is 11.6 Å². The van der Waals surface area contributed by atoms with Gasteiger partial charge in [0.15, 0.2) is 0 Å². The summed E-state index contributed by atoms with van der Waals surface area (Å²) in [6, 6.07) is 1.45. The molecule has 0 unspecified atom stereocenters. The van der Waals surface area contributed by atoms with Gasteiger partial charge >= 0.3 is 0 Å². The molecule has 0 saturated carbocycles. The number of nitrogens with zero attached hydrogens (tertiary/aromatic N) is 2. The first-order chi connectivity index (χ1) is 8.66. The lowest BCUT2D eigenvalue weighted by molar-refractivity contribution is 0.0954. The number of aromatic nitrogens is 3. The Labute approximate surface area is 109 Å². The molecule has 1 amide bonds. The van der Waals surface area contributed by atoms with Crippen molar-refractivity contribution in [1.82, 2.24) is 20.3 Å². The highest BCUT2D eigenvalue weighted by molar-refractivity contribution is 6.33. The quantitative estimate of drug-likeness (QED) is 0.769. The number of hydrogen-bond acceptors (Lipinski definition) is 4. The molecular weight excluding hydrogens is 254 g/mol.